The van der Waals surface area contributed by atoms with E-state index in [1.807, 2.05) is 57.2 Å². The zero-order valence-corrected chi connectivity index (χ0v) is 34.2. The summed E-state index contributed by atoms with van der Waals surface area (Å²) < 4.78 is 32.3. The summed E-state index contributed by atoms with van der Waals surface area (Å²) in [7, 11) is 1.64. The van der Waals surface area contributed by atoms with Crippen LogP contribution in [0.3, 0.4) is 0 Å². The van der Waals surface area contributed by atoms with Crippen LogP contribution < -0.4 is 10.1 Å². The van der Waals surface area contributed by atoms with Gasteiger partial charge in [-0.15, -0.1) is 0 Å². The van der Waals surface area contributed by atoms with Gasteiger partial charge in [-0.05, 0) is 68.0 Å². The van der Waals surface area contributed by atoms with E-state index in [-0.39, 0.29) is 41.5 Å². The average Bonchev–Trinajstić information content (AvgIpc) is 3.47. The lowest BCUT2D eigenvalue weighted by Crippen LogP contribution is -2.72. The lowest BCUT2D eigenvalue weighted by Gasteiger charge is -2.68. The monoisotopic (exact) mass is 779 g/mol. The molecule has 3 aromatic rings. The van der Waals surface area contributed by atoms with E-state index in [9.17, 15) is 19.8 Å². The van der Waals surface area contributed by atoms with Crippen LogP contribution in [0.2, 0.25) is 0 Å². The number of nitrogens with one attached hydrogen (secondary N) is 1. The number of fused-ring (bicyclic) bond motifs is 3. The number of rotatable bonds is 9. The van der Waals surface area contributed by atoms with Gasteiger partial charge in [0, 0.05) is 46.1 Å². The molecular formula is C47H57NO9. The maximum absolute atomic E-state index is 14.2. The lowest BCUT2D eigenvalue weighted by atomic mass is 9.44. The molecule has 1 amide bonds. The van der Waals surface area contributed by atoms with Crippen molar-refractivity contribution >= 4 is 11.9 Å². The molecule has 0 spiro atoms. The number of carbonyl (C=O) groups is 2. The van der Waals surface area contributed by atoms with E-state index in [0.29, 0.717) is 24.2 Å². The second-order valence-electron chi connectivity index (χ2n) is 18.2. The quantitative estimate of drug-likeness (QED) is 0.154. The molecule has 57 heavy (non-hydrogen) atoms. The Bertz CT molecular complexity index is 2010. The molecule has 0 bridgehead atoms. The van der Waals surface area contributed by atoms with Crippen molar-refractivity contribution in [3.63, 3.8) is 0 Å². The minimum absolute atomic E-state index is 0.000746. The van der Waals surface area contributed by atoms with E-state index in [4.69, 9.17) is 23.7 Å². The van der Waals surface area contributed by atoms with Crippen LogP contribution in [-0.4, -0.2) is 71.9 Å². The van der Waals surface area contributed by atoms with Gasteiger partial charge in [0.1, 0.15) is 11.9 Å². The smallest absolute Gasteiger partial charge is 0.338 e. The number of benzene rings is 3. The van der Waals surface area contributed by atoms with Crippen LogP contribution in [0.15, 0.2) is 96.1 Å². The molecule has 4 fully saturated rings. The molecule has 2 aliphatic heterocycles. The van der Waals surface area contributed by atoms with Crippen LogP contribution >= 0.6 is 0 Å². The Labute approximate surface area is 335 Å². The minimum Gasteiger partial charge on any atom is -0.497 e. The third kappa shape index (κ3) is 6.08. The number of esters is 1. The Morgan fingerprint density at radius 1 is 0.930 bits per heavy atom. The molecule has 0 aromatic heterocycles. The number of amides is 1. The van der Waals surface area contributed by atoms with Crippen LogP contribution in [0.1, 0.15) is 95.1 Å². The summed E-state index contributed by atoms with van der Waals surface area (Å²) in [5.74, 6) is -0.870. The van der Waals surface area contributed by atoms with Crippen LogP contribution in [0.4, 0.5) is 0 Å². The van der Waals surface area contributed by atoms with Gasteiger partial charge in [-0.3, -0.25) is 4.79 Å². The molecule has 13 atom stereocenters. The molecule has 8 rings (SSSR count). The molecule has 2 saturated heterocycles. The van der Waals surface area contributed by atoms with E-state index in [0.717, 1.165) is 28.9 Å². The zero-order chi connectivity index (χ0) is 40.7. The van der Waals surface area contributed by atoms with E-state index >= 15 is 0 Å². The molecule has 3 N–H and O–H groups in total. The first-order valence-electron chi connectivity index (χ1n) is 20.4. The first-order chi connectivity index (χ1) is 27.1. The number of methoxy groups -OCH3 is 1. The fraction of sp³-hybridized carbons (Fsp3) is 0.532. The van der Waals surface area contributed by atoms with Crippen molar-refractivity contribution in [3.05, 3.63) is 113 Å². The summed E-state index contributed by atoms with van der Waals surface area (Å²) in [4.78, 5) is 27.6. The number of ether oxygens (including phenoxy) is 5. The molecule has 2 heterocycles. The van der Waals surface area contributed by atoms with Gasteiger partial charge < -0.3 is 39.2 Å². The Hall–Kier alpha value is -4.06. The summed E-state index contributed by atoms with van der Waals surface area (Å²) >= 11 is 0. The van der Waals surface area contributed by atoms with Gasteiger partial charge in [-0.25, -0.2) is 4.79 Å². The SMILES string of the molecule is COc1ccc(C2O[C@H]3C[C@H]4OC[C@@]4(C)[C@H]4[C@H](C)[C@]5(C(C)(C)O)C[C@H](OC(=O)[C@H](O)[C@@H](NC(=O)c6ccccc6)c6ccccc6)C(C)=C5[C@H](C)[C@H](O2)[C@]34C)cc1. The van der Waals surface area contributed by atoms with E-state index in [1.54, 1.807) is 55.6 Å². The molecular weight excluding hydrogens is 723 g/mol. The van der Waals surface area contributed by atoms with Crippen LogP contribution in [-0.2, 0) is 23.7 Å². The molecule has 304 valence electrons. The van der Waals surface area contributed by atoms with Crippen molar-refractivity contribution in [1.82, 2.24) is 5.32 Å². The fourth-order valence-corrected chi connectivity index (χ4v) is 12.3. The van der Waals surface area contributed by atoms with E-state index in [2.05, 4.69) is 33.0 Å². The predicted molar refractivity (Wildman–Crippen MR) is 213 cm³/mol. The number of carbonyl (C=O) groups excluding carboxylic acids is 2. The minimum atomic E-state index is -1.71. The highest BCUT2D eigenvalue weighted by Gasteiger charge is 2.75. The molecule has 0 radical (unpaired) electrons. The zero-order valence-electron chi connectivity index (χ0n) is 34.2. The Morgan fingerprint density at radius 2 is 1.58 bits per heavy atom. The number of aliphatic hydroxyl groups is 2. The number of hydrogen-bond donors (Lipinski definition) is 3. The fourth-order valence-electron chi connectivity index (χ4n) is 12.3. The number of hydrogen-bond acceptors (Lipinski definition) is 9. The molecule has 5 aliphatic rings. The first-order valence-corrected chi connectivity index (χ1v) is 20.4. The van der Waals surface area contributed by atoms with E-state index in [1.165, 1.54) is 0 Å². The Morgan fingerprint density at radius 3 is 2.18 bits per heavy atom. The molecule has 3 aliphatic carbocycles. The van der Waals surface area contributed by atoms with Crippen LogP contribution in [0.5, 0.6) is 5.75 Å². The highest BCUT2D eigenvalue weighted by atomic mass is 16.7. The van der Waals surface area contributed by atoms with Gasteiger partial charge in [0.25, 0.3) is 5.91 Å². The highest BCUT2D eigenvalue weighted by molar-refractivity contribution is 5.95. The van der Waals surface area contributed by atoms with Crippen LogP contribution in [0, 0.1) is 34.0 Å². The summed E-state index contributed by atoms with van der Waals surface area (Å²) in [5.41, 5.74) is 0.973. The molecule has 2 saturated carbocycles. The van der Waals surface area contributed by atoms with Crippen molar-refractivity contribution < 1.29 is 43.5 Å². The highest BCUT2D eigenvalue weighted by Crippen LogP contribution is 2.73. The second-order valence-corrected chi connectivity index (χ2v) is 18.2. The Balaban J connectivity index is 1.17. The van der Waals surface area contributed by atoms with Gasteiger partial charge >= 0.3 is 5.97 Å². The molecule has 3 aromatic carbocycles. The van der Waals surface area contributed by atoms with Gasteiger partial charge in [0.05, 0.1) is 43.7 Å². The van der Waals surface area contributed by atoms with Gasteiger partial charge in [-0.1, -0.05) is 93.9 Å². The summed E-state index contributed by atoms with van der Waals surface area (Å²) in [6.07, 6.45) is -2.56. The Kier molecular flexibility index (Phi) is 10.0. The lowest BCUT2D eigenvalue weighted by molar-refractivity contribution is -0.381. The topological polar surface area (TPSA) is 133 Å². The van der Waals surface area contributed by atoms with Gasteiger partial charge in [-0.2, -0.15) is 0 Å². The molecule has 10 heteroatoms. The summed E-state index contributed by atoms with van der Waals surface area (Å²) in [6, 6.07) is 24.4. The van der Waals surface area contributed by atoms with Gasteiger partial charge in [0.2, 0.25) is 0 Å². The van der Waals surface area contributed by atoms with Crippen LogP contribution in [0.25, 0.3) is 0 Å². The molecule has 1 unspecified atom stereocenters. The second kappa shape index (κ2) is 14.3. The average molecular weight is 780 g/mol. The van der Waals surface area contributed by atoms with Gasteiger partial charge in [0.15, 0.2) is 12.4 Å². The summed E-state index contributed by atoms with van der Waals surface area (Å²) in [6.45, 7) is 15.4. The largest absolute Gasteiger partial charge is 0.497 e. The predicted octanol–water partition coefficient (Wildman–Crippen LogP) is 7.12. The van der Waals surface area contributed by atoms with Crippen molar-refractivity contribution in [2.45, 2.75) is 110 Å². The van der Waals surface area contributed by atoms with E-state index < -0.39 is 52.8 Å². The third-order valence-electron chi connectivity index (χ3n) is 14.9. The maximum atomic E-state index is 14.2. The van der Waals surface area contributed by atoms with Crippen molar-refractivity contribution in [2.24, 2.45) is 34.0 Å². The van der Waals surface area contributed by atoms with Crippen molar-refractivity contribution in [1.29, 1.82) is 0 Å². The molecule has 10 nitrogen and oxygen atoms in total. The van der Waals surface area contributed by atoms with Crippen molar-refractivity contribution in [2.75, 3.05) is 13.7 Å². The first kappa shape index (κ1) is 39.8. The maximum Gasteiger partial charge on any atom is 0.338 e. The normalized spacial score (nSPS) is 36.7. The van der Waals surface area contributed by atoms with Crippen molar-refractivity contribution in [3.8, 4) is 5.75 Å². The summed E-state index contributed by atoms with van der Waals surface area (Å²) in [5, 5.41) is 27.3. The standard InChI is InChI=1S/C47H57NO9/c1-26-33(55-42(51)38(49)37(29-15-11-9-12-16-29)48-41(50)30-17-13-10-14-18-30)24-47(44(4,5)52)28(3)39-45(6)25-54-34(45)23-35-46(39,7)40(27(2)36(26)47)57-43(56-35)31-19-21-32(53-8)22-20-31/h9-22,27-28,33-35,37-40,43,49,52H,23-25H2,1-8H3,(H,48,50)/t27-,28-,33-,34+,35-,37-,38+,39+,40-,43?,45+,46+,47+/m0/s1. The number of aliphatic hydroxyl groups excluding tert-OH is 1. The third-order valence-corrected chi connectivity index (χ3v) is 14.9.